The molecule has 7 heteroatoms. The number of aromatic nitrogens is 1. The van der Waals surface area contributed by atoms with Crippen LogP contribution in [0, 0.1) is 0 Å². The third-order valence-electron chi connectivity index (χ3n) is 5.83. The molecule has 0 aliphatic heterocycles. The molecule has 6 nitrogen and oxygen atoms in total. The first-order valence-electron chi connectivity index (χ1n) is 11.4. The van der Waals surface area contributed by atoms with E-state index in [4.69, 9.17) is 9.47 Å². The molecule has 1 fully saturated rings. The topological polar surface area (TPSA) is 72.5 Å². The second-order valence-corrected chi connectivity index (χ2v) is 9.02. The molecule has 0 spiro atoms. The van der Waals surface area contributed by atoms with Gasteiger partial charge in [-0.05, 0) is 25.0 Å². The Labute approximate surface area is 189 Å². The number of thiazole rings is 1. The van der Waals surface area contributed by atoms with Gasteiger partial charge in [0.2, 0.25) is 0 Å². The minimum Gasteiger partial charge on any atom is -0.497 e. The van der Waals surface area contributed by atoms with Gasteiger partial charge in [-0.25, -0.2) is 4.98 Å². The summed E-state index contributed by atoms with van der Waals surface area (Å²) in [5.41, 5.74) is 1.25. The van der Waals surface area contributed by atoms with E-state index < -0.39 is 0 Å². The Morgan fingerprint density at radius 1 is 0.968 bits per heavy atom. The standard InChI is InChI=1S/C24H35N3O3S/c1-29-19-14-15-20(22(16-19)30-2)26-24-27-21(17-31-24)23(28)25-18-12-10-8-6-4-3-5-7-9-11-13-18/h14-18H,3-13H2,1-2H3,(H,25,28)(H,26,27). The first-order chi connectivity index (χ1) is 15.2. The van der Waals surface area contributed by atoms with Gasteiger partial charge in [0.15, 0.2) is 5.13 Å². The Balaban J connectivity index is 1.58. The van der Waals surface area contributed by atoms with E-state index in [1.165, 1.54) is 69.1 Å². The summed E-state index contributed by atoms with van der Waals surface area (Å²) in [6.07, 6.45) is 13.7. The number of ether oxygens (including phenoxy) is 2. The largest absolute Gasteiger partial charge is 0.497 e. The van der Waals surface area contributed by atoms with Crippen LogP contribution in [-0.2, 0) is 0 Å². The van der Waals surface area contributed by atoms with Gasteiger partial charge < -0.3 is 20.1 Å². The van der Waals surface area contributed by atoms with E-state index in [1.54, 1.807) is 14.2 Å². The number of hydrogen-bond donors (Lipinski definition) is 2. The molecule has 0 unspecified atom stereocenters. The highest BCUT2D eigenvalue weighted by molar-refractivity contribution is 7.14. The van der Waals surface area contributed by atoms with Crippen molar-refractivity contribution in [2.45, 2.75) is 76.7 Å². The zero-order valence-corrected chi connectivity index (χ0v) is 19.6. The molecule has 0 saturated heterocycles. The number of rotatable bonds is 6. The number of benzene rings is 1. The molecule has 1 amide bonds. The SMILES string of the molecule is COc1ccc(Nc2nc(C(=O)NC3CCCCCCCCCCC3)cs2)c(OC)c1. The zero-order chi connectivity index (χ0) is 21.9. The number of nitrogens with zero attached hydrogens (tertiary/aromatic N) is 1. The summed E-state index contributed by atoms with van der Waals surface area (Å²) in [5.74, 6) is 1.30. The summed E-state index contributed by atoms with van der Waals surface area (Å²) >= 11 is 1.41. The van der Waals surface area contributed by atoms with Crippen molar-refractivity contribution >= 4 is 28.1 Å². The van der Waals surface area contributed by atoms with Crippen LogP contribution in [0.2, 0.25) is 0 Å². The monoisotopic (exact) mass is 445 g/mol. The minimum absolute atomic E-state index is 0.0805. The number of anilines is 2. The molecular weight excluding hydrogens is 410 g/mol. The molecule has 1 aromatic carbocycles. The van der Waals surface area contributed by atoms with Gasteiger partial charge >= 0.3 is 0 Å². The van der Waals surface area contributed by atoms with E-state index in [0.717, 1.165) is 24.3 Å². The molecule has 0 bridgehead atoms. The fourth-order valence-corrected chi connectivity index (χ4v) is 4.72. The second kappa shape index (κ2) is 12.5. The van der Waals surface area contributed by atoms with Crippen LogP contribution >= 0.6 is 11.3 Å². The van der Waals surface area contributed by atoms with Crippen LogP contribution in [0.25, 0.3) is 0 Å². The van der Waals surface area contributed by atoms with Gasteiger partial charge in [0, 0.05) is 17.5 Å². The molecule has 0 radical (unpaired) electrons. The van der Waals surface area contributed by atoms with E-state index in [0.29, 0.717) is 16.6 Å². The Hall–Kier alpha value is -2.28. The van der Waals surface area contributed by atoms with Gasteiger partial charge in [0.05, 0.1) is 19.9 Å². The lowest BCUT2D eigenvalue weighted by atomic mass is 9.98. The summed E-state index contributed by atoms with van der Waals surface area (Å²) in [6, 6.07) is 5.79. The Kier molecular flexibility index (Phi) is 9.46. The Morgan fingerprint density at radius 3 is 2.23 bits per heavy atom. The predicted octanol–water partition coefficient (Wildman–Crippen LogP) is 6.31. The number of carbonyl (C=O) groups excluding carboxylic acids is 1. The Bertz CT molecular complexity index is 812. The minimum atomic E-state index is -0.0805. The van der Waals surface area contributed by atoms with E-state index in [1.807, 2.05) is 23.6 Å². The summed E-state index contributed by atoms with van der Waals surface area (Å²) < 4.78 is 10.7. The van der Waals surface area contributed by atoms with Crippen molar-refractivity contribution in [3.63, 3.8) is 0 Å². The molecule has 1 saturated carbocycles. The third-order valence-corrected chi connectivity index (χ3v) is 6.59. The van der Waals surface area contributed by atoms with Crippen LogP contribution < -0.4 is 20.1 Å². The van der Waals surface area contributed by atoms with Crippen molar-refractivity contribution in [1.82, 2.24) is 10.3 Å². The molecule has 2 N–H and O–H groups in total. The lowest BCUT2D eigenvalue weighted by molar-refractivity contribution is 0.0927. The summed E-state index contributed by atoms with van der Waals surface area (Å²) in [4.78, 5) is 17.3. The highest BCUT2D eigenvalue weighted by Crippen LogP contribution is 2.32. The van der Waals surface area contributed by atoms with Crippen molar-refractivity contribution in [1.29, 1.82) is 0 Å². The van der Waals surface area contributed by atoms with Crippen LogP contribution in [0.3, 0.4) is 0 Å². The zero-order valence-electron chi connectivity index (χ0n) is 18.7. The van der Waals surface area contributed by atoms with E-state index >= 15 is 0 Å². The molecule has 170 valence electrons. The fourth-order valence-electron chi connectivity index (χ4n) is 4.02. The fraction of sp³-hybridized carbons (Fsp3) is 0.583. The molecule has 0 atom stereocenters. The maximum atomic E-state index is 12.8. The summed E-state index contributed by atoms with van der Waals surface area (Å²) in [5, 5.41) is 8.95. The average molecular weight is 446 g/mol. The number of nitrogens with one attached hydrogen (secondary N) is 2. The van der Waals surface area contributed by atoms with Crippen LogP contribution in [0.15, 0.2) is 23.6 Å². The molecule has 1 aliphatic rings. The maximum Gasteiger partial charge on any atom is 0.271 e. The molecule has 1 aliphatic carbocycles. The first kappa shape index (κ1) is 23.4. The molecule has 1 aromatic heterocycles. The lowest BCUT2D eigenvalue weighted by Crippen LogP contribution is -2.35. The van der Waals surface area contributed by atoms with Crippen molar-refractivity contribution in [3.05, 3.63) is 29.3 Å². The Morgan fingerprint density at radius 2 is 1.61 bits per heavy atom. The molecule has 31 heavy (non-hydrogen) atoms. The summed E-state index contributed by atoms with van der Waals surface area (Å²) in [7, 11) is 3.24. The number of carbonyl (C=O) groups is 1. The van der Waals surface area contributed by atoms with Crippen molar-refractivity contribution in [3.8, 4) is 11.5 Å². The van der Waals surface area contributed by atoms with E-state index in [2.05, 4.69) is 15.6 Å². The van der Waals surface area contributed by atoms with Gasteiger partial charge in [-0.3, -0.25) is 4.79 Å². The van der Waals surface area contributed by atoms with Crippen molar-refractivity contribution < 1.29 is 14.3 Å². The molecule has 3 rings (SSSR count). The lowest BCUT2D eigenvalue weighted by Gasteiger charge is -2.19. The quantitative estimate of drug-likeness (QED) is 0.545. The maximum absolute atomic E-state index is 12.8. The van der Waals surface area contributed by atoms with Crippen molar-refractivity contribution in [2.75, 3.05) is 19.5 Å². The number of methoxy groups -OCH3 is 2. The second-order valence-electron chi connectivity index (χ2n) is 8.16. The van der Waals surface area contributed by atoms with Crippen LogP contribution in [0.1, 0.15) is 81.1 Å². The smallest absolute Gasteiger partial charge is 0.271 e. The molecular formula is C24H35N3O3S. The summed E-state index contributed by atoms with van der Waals surface area (Å²) in [6.45, 7) is 0. The highest BCUT2D eigenvalue weighted by Gasteiger charge is 2.17. The first-order valence-corrected chi connectivity index (χ1v) is 12.3. The highest BCUT2D eigenvalue weighted by atomic mass is 32.1. The number of amides is 1. The van der Waals surface area contributed by atoms with Crippen molar-refractivity contribution in [2.24, 2.45) is 0 Å². The third kappa shape index (κ3) is 7.42. The van der Waals surface area contributed by atoms with Gasteiger partial charge in [-0.1, -0.05) is 57.8 Å². The predicted molar refractivity (Wildman–Crippen MR) is 127 cm³/mol. The average Bonchev–Trinajstić information content (AvgIpc) is 3.24. The van der Waals surface area contributed by atoms with E-state index in [9.17, 15) is 4.79 Å². The molecule has 2 aromatic rings. The molecule has 1 heterocycles. The normalized spacial score (nSPS) is 16.6. The van der Waals surface area contributed by atoms with Gasteiger partial charge in [-0.2, -0.15) is 0 Å². The van der Waals surface area contributed by atoms with Crippen LogP contribution in [0.4, 0.5) is 10.8 Å². The number of hydrogen-bond acceptors (Lipinski definition) is 6. The van der Waals surface area contributed by atoms with Gasteiger partial charge in [0.25, 0.3) is 5.91 Å². The van der Waals surface area contributed by atoms with Gasteiger partial charge in [-0.15, -0.1) is 11.3 Å². The van der Waals surface area contributed by atoms with Crippen LogP contribution in [0.5, 0.6) is 11.5 Å². The van der Waals surface area contributed by atoms with Gasteiger partial charge in [0.1, 0.15) is 17.2 Å². The van der Waals surface area contributed by atoms with Crippen LogP contribution in [-0.4, -0.2) is 31.2 Å². The van der Waals surface area contributed by atoms with E-state index in [-0.39, 0.29) is 11.9 Å².